The van der Waals surface area contributed by atoms with Gasteiger partial charge in [0.1, 0.15) is 23.1 Å². The van der Waals surface area contributed by atoms with Crippen LogP contribution in [-0.2, 0) is 18.3 Å². The van der Waals surface area contributed by atoms with Crippen LogP contribution in [0.1, 0.15) is 56.2 Å². The van der Waals surface area contributed by atoms with E-state index in [0.717, 1.165) is 67.8 Å². The van der Waals surface area contributed by atoms with E-state index >= 15 is 0 Å². The SMILES string of the molecule is CN(c1cc(=O)n(C)c2ccc(C#N)nc12)C1CCC(N(CC2CCC2)c2ccc(F)c(CN3CCOCC3)c2)CC1. The van der Waals surface area contributed by atoms with Crippen LogP contribution < -0.4 is 15.4 Å². The van der Waals surface area contributed by atoms with Gasteiger partial charge in [0, 0.05) is 69.7 Å². The number of halogens is 1. The third-order valence-electron chi connectivity index (χ3n) is 9.76. The number of hydrogen-bond acceptors (Lipinski definition) is 7. The fourth-order valence-electron chi connectivity index (χ4n) is 6.88. The van der Waals surface area contributed by atoms with Crippen molar-refractivity contribution < 1.29 is 9.13 Å². The summed E-state index contributed by atoms with van der Waals surface area (Å²) < 4.78 is 22.0. The summed E-state index contributed by atoms with van der Waals surface area (Å²) in [7, 11) is 3.79. The maximum absolute atomic E-state index is 15.0. The topological polar surface area (TPSA) is 77.6 Å². The number of aryl methyl sites for hydroxylation is 1. The van der Waals surface area contributed by atoms with Crippen molar-refractivity contribution >= 4 is 22.4 Å². The lowest BCUT2D eigenvalue weighted by atomic mass is 9.83. The van der Waals surface area contributed by atoms with Crippen LogP contribution in [0.2, 0.25) is 0 Å². The summed E-state index contributed by atoms with van der Waals surface area (Å²) >= 11 is 0. The Morgan fingerprint density at radius 2 is 1.79 bits per heavy atom. The predicted octanol–water partition coefficient (Wildman–Crippen LogP) is 4.83. The van der Waals surface area contributed by atoms with E-state index < -0.39 is 0 Å². The molecule has 8 nitrogen and oxygen atoms in total. The molecular formula is C33H41FN6O2. The zero-order valence-corrected chi connectivity index (χ0v) is 24.8. The van der Waals surface area contributed by atoms with Crippen LogP contribution in [0.15, 0.2) is 41.2 Å². The molecule has 3 fully saturated rings. The number of pyridine rings is 2. The molecule has 3 aromatic rings. The summed E-state index contributed by atoms with van der Waals surface area (Å²) in [5.41, 5.74) is 4.36. The first kappa shape index (κ1) is 28.6. The van der Waals surface area contributed by atoms with Crippen LogP contribution in [0.25, 0.3) is 11.0 Å². The number of fused-ring (bicyclic) bond motifs is 1. The van der Waals surface area contributed by atoms with Gasteiger partial charge >= 0.3 is 0 Å². The fraction of sp³-hybridized carbons (Fsp3) is 0.545. The minimum Gasteiger partial charge on any atom is -0.379 e. The lowest BCUT2D eigenvalue weighted by Crippen LogP contribution is -2.46. The first-order valence-electron chi connectivity index (χ1n) is 15.4. The molecule has 2 saturated carbocycles. The van der Waals surface area contributed by atoms with Gasteiger partial charge in [-0.25, -0.2) is 9.37 Å². The third kappa shape index (κ3) is 5.88. The number of benzene rings is 1. The molecule has 0 atom stereocenters. The normalized spacial score (nSPS) is 21.6. The highest BCUT2D eigenvalue weighted by Crippen LogP contribution is 2.36. The number of aromatic nitrogens is 2. The first-order valence-corrected chi connectivity index (χ1v) is 15.4. The summed E-state index contributed by atoms with van der Waals surface area (Å²) in [6, 6.07) is 13.6. The van der Waals surface area contributed by atoms with E-state index in [0.29, 0.717) is 42.9 Å². The quantitative estimate of drug-likeness (QED) is 0.383. The van der Waals surface area contributed by atoms with Crippen molar-refractivity contribution in [3.8, 4) is 6.07 Å². The highest BCUT2D eigenvalue weighted by atomic mass is 19.1. The molecule has 0 unspecified atom stereocenters. The van der Waals surface area contributed by atoms with Gasteiger partial charge in [0.05, 0.1) is 24.4 Å². The van der Waals surface area contributed by atoms with Crippen LogP contribution in [0.4, 0.5) is 15.8 Å². The van der Waals surface area contributed by atoms with Crippen molar-refractivity contribution in [1.29, 1.82) is 5.26 Å². The molecular weight excluding hydrogens is 531 g/mol. The second-order valence-corrected chi connectivity index (χ2v) is 12.3. The largest absolute Gasteiger partial charge is 0.379 e. The van der Waals surface area contributed by atoms with Gasteiger partial charge < -0.3 is 19.1 Å². The zero-order valence-electron chi connectivity index (χ0n) is 24.8. The minimum absolute atomic E-state index is 0.0830. The van der Waals surface area contributed by atoms with Gasteiger partial charge in [-0.15, -0.1) is 0 Å². The van der Waals surface area contributed by atoms with E-state index in [1.165, 1.54) is 19.3 Å². The van der Waals surface area contributed by atoms with Crippen LogP contribution in [-0.4, -0.2) is 66.4 Å². The molecule has 0 spiro atoms. The van der Waals surface area contributed by atoms with E-state index in [2.05, 4.69) is 31.8 Å². The Morgan fingerprint density at radius 3 is 2.48 bits per heavy atom. The van der Waals surface area contributed by atoms with Crippen molar-refractivity contribution in [3.63, 3.8) is 0 Å². The number of morpholine rings is 1. The second kappa shape index (κ2) is 12.4. The molecule has 0 N–H and O–H groups in total. The molecule has 0 amide bonds. The zero-order chi connectivity index (χ0) is 29.2. The molecule has 42 heavy (non-hydrogen) atoms. The van der Waals surface area contributed by atoms with E-state index in [-0.39, 0.29) is 17.4 Å². The summed E-state index contributed by atoms with van der Waals surface area (Å²) in [4.78, 5) is 24.4. The molecule has 3 aliphatic rings. The molecule has 2 aromatic heterocycles. The molecule has 1 aromatic carbocycles. The molecule has 6 rings (SSSR count). The van der Waals surface area contributed by atoms with Crippen LogP contribution in [0.3, 0.4) is 0 Å². The summed E-state index contributed by atoms with van der Waals surface area (Å²) in [5.74, 6) is 0.569. The summed E-state index contributed by atoms with van der Waals surface area (Å²) in [5, 5.41) is 9.45. The number of ether oxygens (including phenoxy) is 1. The highest BCUT2D eigenvalue weighted by molar-refractivity contribution is 5.88. The third-order valence-corrected chi connectivity index (χ3v) is 9.76. The van der Waals surface area contributed by atoms with Crippen LogP contribution >= 0.6 is 0 Å². The Hall–Kier alpha value is -3.48. The highest BCUT2D eigenvalue weighted by Gasteiger charge is 2.32. The van der Waals surface area contributed by atoms with Crippen molar-refractivity contribution in [1.82, 2.24) is 14.5 Å². The molecule has 222 valence electrons. The van der Waals surface area contributed by atoms with Crippen molar-refractivity contribution in [2.45, 2.75) is 63.6 Å². The molecule has 0 radical (unpaired) electrons. The number of nitrogens with zero attached hydrogens (tertiary/aromatic N) is 6. The van der Waals surface area contributed by atoms with Crippen LogP contribution in [0.5, 0.6) is 0 Å². The van der Waals surface area contributed by atoms with E-state index in [9.17, 15) is 14.4 Å². The van der Waals surface area contributed by atoms with Gasteiger partial charge in [0.25, 0.3) is 5.56 Å². The Labute approximate surface area is 247 Å². The molecule has 2 aliphatic carbocycles. The molecule has 1 saturated heterocycles. The Bertz CT molecular complexity index is 1520. The molecule has 3 heterocycles. The van der Waals surface area contributed by atoms with Crippen LogP contribution in [0, 0.1) is 23.1 Å². The van der Waals surface area contributed by atoms with E-state index in [4.69, 9.17) is 4.74 Å². The lowest BCUT2D eigenvalue weighted by Gasteiger charge is -2.44. The number of nitriles is 1. The molecule has 1 aliphatic heterocycles. The Kier molecular flexibility index (Phi) is 8.45. The molecule has 9 heteroatoms. The average Bonchev–Trinajstić information content (AvgIpc) is 3.00. The maximum Gasteiger partial charge on any atom is 0.252 e. The van der Waals surface area contributed by atoms with Crippen molar-refractivity contribution in [3.05, 3.63) is 63.8 Å². The van der Waals surface area contributed by atoms with E-state index in [1.54, 1.807) is 29.8 Å². The predicted molar refractivity (Wildman–Crippen MR) is 163 cm³/mol. The fourth-order valence-corrected chi connectivity index (χ4v) is 6.88. The minimum atomic E-state index is -0.131. The van der Waals surface area contributed by atoms with Gasteiger partial charge in [0.2, 0.25) is 0 Å². The standard InChI is InChI=1S/C33H41FN6O2/c1-37(31-19-32(41)38(2)30-13-6-25(20-35)36-33(30)31)26-7-9-27(10-8-26)40(21-23-4-3-5-23)28-11-12-29(34)24(18-28)22-39-14-16-42-17-15-39/h6,11-13,18-19,23,26-27H,3-5,7-10,14-17,21-22H2,1-2H3. The number of anilines is 2. The first-order chi connectivity index (χ1) is 20.4. The Balaban J connectivity index is 1.21. The summed E-state index contributed by atoms with van der Waals surface area (Å²) in [6.45, 7) is 4.72. The number of rotatable bonds is 8. The van der Waals surface area contributed by atoms with Crippen molar-refractivity contribution in [2.75, 3.05) is 49.7 Å². The monoisotopic (exact) mass is 572 g/mol. The molecule has 0 bridgehead atoms. The van der Waals surface area contributed by atoms with Gasteiger partial charge in [-0.1, -0.05) is 6.42 Å². The van der Waals surface area contributed by atoms with Gasteiger partial charge in [-0.2, -0.15) is 5.26 Å². The maximum atomic E-state index is 15.0. The second-order valence-electron chi connectivity index (χ2n) is 12.3. The van der Waals surface area contributed by atoms with Crippen molar-refractivity contribution in [2.24, 2.45) is 13.0 Å². The smallest absolute Gasteiger partial charge is 0.252 e. The lowest BCUT2D eigenvalue weighted by molar-refractivity contribution is 0.0337. The number of hydrogen-bond donors (Lipinski definition) is 0. The van der Waals surface area contributed by atoms with Gasteiger partial charge in [0.15, 0.2) is 0 Å². The van der Waals surface area contributed by atoms with Gasteiger partial charge in [-0.05, 0) is 74.8 Å². The summed E-state index contributed by atoms with van der Waals surface area (Å²) in [6.07, 6.45) is 7.86. The Morgan fingerprint density at radius 1 is 1.05 bits per heavy atom. The van der Waals surface area contributed by atoms with Gasteiger partial charge in [-0.3, -0.25) is 9.69 Å². The van der Waals surface area contributed by atoms with E-state index in [1.807, 2.05) is 19.2 Å². The average molecular weight is 573 g/mol.